The lowest BCUT2D eigenvalue weighted by molar-refractivity contribution is 1.39. The van der Waals surface area contributed by atoms with E-state index in [-0.39, 0.29) is 16.0 Å². The van der Waals surface area contributed by atoms with Crippen LogP contribution in [0.5, 0.6) is 0 Å². The molecule has 0 aliphatic carbocycles. The maximum Gasteiger partial charge on any atom is 0.140 e. The van der Waals surface area contributed by atoms with Crippen molar-refractivity contribution in [2.75, 3.05) is 0 Å². The van der Waals surface area contributed by atoms with Gasteiger partial charge in [0.2, 0.25) is 0 Å². The Balaban J connectivity index is 5.03. The molecule has 76 valence electrons. The maximum atomic E-state index is 5.79. The molecule has 0 saturated carbocycles. The van der Waals surface area contributed by atoms with Gasteiger partial charge in [-0.3, -0.25) is 0 Å². The van der Waals surface area contributed by atoms with Crippen molar-refractivity contribution in [2.24, 2.45) is 16.5 Å². The molecule has 0 aromatic carbocycles. The van der Waals surface area contributed by atoms with E-state index in [1.54, 1.807) is 12.2 Å². The molecule has 0 amide bonds. The largest absolute Gasteiger partial charge is 0.405 e. The zero-order chi connectivity index (χ0) is 11.1. The maximum absolute atomic E-state index is 5.79. The second-order valence-electron chi connectivity index (χ2n) is 2.27. The molecule has 3 nitrogen and oxygen atoms in total. The van der Waals surface area contributed by atoms with Crippen molar-refractivity contribution in [1.29, 1.82) is 0 Å². The Kier molecular flexibility index (Phi) is 5.76. The molecule has 0 aromatic heterocycles. The molecule has 5 heteroatoms. The Hall–Kier alpha value is -1.19. The highest BCUT2D eigenvalue weighted by Gasteiger charge is 2.04. The summed E-state index contributed by atoms with van der Waals surface area (Å²) in [5.41, 5.74) is 11.4. The Bertz CT molecular complexity index is 327. The lowest BCUT2D eigenvalue weighted by Gasteiger charge is -2.02. The summed E-state index contributed by atoms with van der Waals surface area (Å²) in [4.78, 5) is 3.72. The topological polar surface area (TPSA) is 64.4 Å². The molecule has 14 heavy (non-hydrogen) atoms. The van der Waals surface area contributed by atoms with Crippen LogP contribution in [0.4, 0.5) is 0 Å². The molecule has 0 fully saturated rings. The number of halogens is 2. The lowest BCUT2D eigenvalue weighted by Crippen LogP contribution is -2.05. The molecular formula is C9H11Cl2N3. The molecule has 0 unspecified atom stereocenters. The molecule has 0 aliphatic heterocycles. The van der Waals surface area contributed by atoms with E-state index in [9.17, 15) is 0 Å². The van der Waals surface area contributed by atoms with Crippen molar-refractivity contribution < 1.29 is 0 Å². The van der Waals surface area contributed by atoms with Crippen LogP contribution in [0.2, 0.25) is 0 Å². The van der Waals surface area contributed by atoms with E-state index < -0.39 is 0 Å². The number of allylic oxidation sites excluding steroid dienone is 3. The summed E-state index contributed by atoms with van der Waals surface area (Å²) >= 11 is 11.2. The van der Waals surface area contributed by atoms with Crippen molar-refractivity contribution >= 4 is 28.4 Å². The third-order valence-electron chi connectivity index (χ3n) is 1.16. The van der Waals surface area contributed by atoms with Gasteiger partial charge in [-0.1, -0.05) is 36.4 Å². The fourth-order valence-electron chi connectivity index (χ4n) is 0.627. The first kappa shape index (κ1) is 12.8. The molecular weight excluding hydrogens is 221 g/mol. The second kappa shape index (κ2) is 6.29. The van der Waals surface area contributed by atoms with Gasteiger partial charge in [0.25, 0.3) is 0 Å². The summed E-state index contributed by atoms with van der Waals surface area (Å²) < 4.78 is 0. The highest BCUT2D eigenvalue weighted by atomic mass is 35.5. The average Bonchev–Trinajstić information content (AvgIpc) is 2.02. The molecule has 0 radical (unpaired) electrons. The summed E-state index contributed by atoms with van der Waals surface area (Å²) in [6.07, 6.45) is 4.47. The number of hydrogen-bond acceptors (Lipinski definition) is 3. The standard InChI is InChI=1S/C9H11Cl2N3/c1-6(13)8(4-3-5-12)9(11)14-7(2)10/h3-5H,1-2,12-13H2/b5-3-,8-4+,14-9?. The summed E-state index contributed by atoms with van der Waals surface area (Å²) in [6.45, 7) is 6.90. The van der Waals surface area contributed by atoms with Crippen molar-refractivity contribution in [3.05, 3.63) is 47.9 Å². The molecule has 0 aromatic rings. The Morgan fingerprint density at radius 2 is 1.86 bits per heavy atom. The van der Waals surface area contributed by atoms with Crippen LogP contribution in [-0.2, 0) is 0 Å². The average molecular weight is 232 g/mol. The van der Waals surface area contributed by atoms with E-state index in [2.05, 4.69) is 18.2 Å². The van der Waals surface area contributed by atoms with Gasteiger partial charge in [0.05, 0.1) is 0 Å². The van der Waals surface area contributed by atoms with Gasteiger partial charge >= 0.3 is 0 Å². The molecule has 0 saturated heterocycles. The zero-order valence-corrected chi connectivity index (χ0v) is 9.02. The van der Waals surface area contributed by atoms with Crippen LogP contribution in [-0.4, -0.2) is 5.17 Å². The van der Waals surface area contributed by atoms with Gasteiger partial charge in [0.1, 0.15) is 10.3 Å². The molecule has 0 bridgehead atoms. The second-order valence-corrected chi connectivity index (χ2v) is 3.06. The smallest absolute Gasteiger partial charge is 0.140 e. The van der Waals surface area contributed by atoms with Gasteiger partial charge in [-0.25, -0.2) is 4.99 Å². The predicted molar refractivity (Wildman–Crippen MR) is 63.0 cm³/mol. The quantitative estimate of drug-likeness (QED) is 0.443. The molecule has 0 heterocycles. The Morgan fingerprint density at radius 1 is 1.29 bits per heavy atom. The fourth-order valence-corrected chi connectivity index (χ4v) is 1.04. The molecule has 4 N–H and O–H groups in total. The third-order valence-corrected chi connectivity index (χ3v) is 1.53. The number of aliphatic imine (C=N–C) groups is 1. The Labute approximate surface area is 93.1 Å². The third kappa shape index (κ3) is 4.74. The van der Waals surface area contributed by atoms with E-state index in [1.807, 2.05) is 0 Å². The normalized spacial score (nSPS) is 13.3. The van der Waals surface area contributed by atoms with E-state index in [0.29, 0.717) is 5.57 Å². The van der Waals surface area contributed by atoms with Crippen LogP contribution >= 0.6 is 23.2 Å². The highest BCUT2D eigenvalue weighted by molar-refractivity contribution is 6.70. The van der Waals surface area contributed by atoms with Gasteiger partial charge in [-0.05, 0) is 18.4 Å². The lowest BCUT2D eigenvalue weighted by atomic mass is 10.2. The van der Waals surface area contributed by atoms with Crippen molar-refractivity contribution in [3.63, 3.8) is 0 Å². The predicted octanol–water partition coefficient (Wildman–Crippen LogP) is 2.20. The van der Waals surface area contributed by atoms with Crippen molar-refractivity contribution in [1.82, 2.24) is 0 Å². The summed E-state index contributed by atoms with van der Waals surface area (Å²) in [5, 5.41) is 0.189. The minimum Gasteiger partial charge on any atom is -0.405 e. The van der Waals surface area contributed by atoms with Gasteiger partial charge in [-0.15, -0.1) is 0 Å². The number of nitrogens with zero attached hydrogens (tertiary/aromatic N) is 1. The SMILES string of the molecule is C=C(Cl)N=C(Cl)/C(=C/C=C\N)C(=C)N. The fraction of sp³-hybridized carbons (Fsp3) is 0. The van der Waals surface area contributed by atoms with Crippen molar-refractivity contribution in [3.8, 4) is 0 Å². The Morgan fingerprint density at radius 3 is 2.21 bits per heavy atom. The number of rotatable bonds is 4. The molecule has 0 rings (SSSR count). The van der Waals surface area contributed by atoms with E-state index in [1.165, 1.54) is 6.20 Å². The summed E-state index contributed by atoms with van der Waals surface area (Å²) in [5.74, 6) is 0. The van der Waals surface area contributed by atoms with Crippen LogP contribution in [0.1, 0.15) is 0 Å². The molecule has 0 atom stereocenters. The zero-order valence-electron chi connectivity index (χ0n) is 7.50. The van der Waals surface area contributed by atoms with Crippen LogP contribution in [0.15, 0.2) is 52.9 Å². The van der Waals surface area contributed by atoms with Gasteiger partial charge < -0.3 is 11.5 Å². The summed E-state index contributed by atoms with van der Waals surface area (Å²) in [6, 6.07) is 0. The van der Waals surface area contributed by atoms with Crippen LogP contribution in [0.25, 0.3) is 0 Å². The number of hydrogen-bond donors (Lipinski definition) is 2. The number of nitrogens with two attached hydrogens (primary N) is 2. The van der Waals surface area contributed by atoms with Crippen LogP contribution in [0.3, 0.4) is 0 Å². The monoisotopic (exact) mass is 231 g/mol. The van der Waals surface area contributed by atoms with E-state index >= 15 is 0 Å². The first-order valence-electron chi connectivity index (χ1n) is 3.61. The van der Waals surface area contributed by atoms with Crippen molar-refractivity contribution in [2.45, 2.75) is 0 Å². The first-order chi connectivity index (χ1) is 6.49. The minimum absolute atomic E-state index is 0.0684. The molecule has 0 spiro atoms. The summed E-state index contributed by atoms with van der Waals surface area (Å²) in [7, 11) is 0. The van der Waals surface area contributed by atoms with Crippen LogP contribution in [0, 0.1) is 0 Å². The van der Waals surface area contributed by atoms with Gasteiger partial charge in [0.15, 0.2) is 0 Å². The van der Waals surface area contributed by atoms with Gasteiger partial charge in [-0.2, -0.15) is 0 Å². The van der Waals surface area contributed by atoms with E-state index in [4.69, 9.17) is 34.7 Å². The van der Waals surface area contributed by atoms with E-state index in [0.717, 1.165) is 0 Å². The highest BCUT2D eigenvalue weighted by Crippen LogP contribution is 2.12. The van der Waals surface area contributed by atoms with Crippen LogP contribution < -0.4 is 11.5 Å². The first-order valence-corrected chi connectivity index (χ1v) is 4.37. The van der Waals surface area contributed by atoms with Gasteiger partial charge in [0, 0.05) is 11.3 Å². The molecule has 0 aliphatic rings. The minimum atomic E-state index is 0.0684.